The zero-order valence-corrected chi connectivity index (χ0v) is 7.25. The van der Waals surface area contributed by atoms with Gasteiger partial charge >= 0.3 is 0 Å². The van der Waals surface area contributed by atoms with Crippen LogP contribution in [0.25, 0.3) is 6.08 Å². The van der Waals surface area contributed by atoms with Crippen LogP contribution in [-0.4, -0.2) is 11.7 Å². The minimum Gasteiger partial charge on any atom is -0.508 e. The normalized spacial score (nSPS) is 10.8. The molecule has 3 N–H and O–H groups in total. The van der Waals surface area contributed by atoms with Crippen molar-refractivity contribution in [2.24, 2.45) is 5.73 Å². The van der Waals surface area contributed by atoms with Crippen molar-refractivity contribution in [3.05, 3.63) is 34.9 Å². The van der Waals surface area contributed by atoms with Crippen LogP contribution < -0.4 is 5.73 Å². The minimum absolute atomic E-state index is 0.171. The molecule has 0 radical (unpaired) electrons. The van der Waals surface area contributed by atoms with Crippen molar-refractivity contribution >= 4 is 17.7 Å². The van der Waals surface area contributed by atoms with E-state index in [1.807, 2.05) is 6.08 Å². The average Bonchev–Trinajstić information content (AvgIpc) is 2.03. The van der Waals surface area contributed by atoms with E-state index >= 15 is 0 Å². The van der Waals surface area contributed by atoms with Gasteiger partial charge in [0.05, 0.1) is 5.02 Å². The number of benzene rings is 1. The Kier molecular flexibility index (Phi) is 3.14. The second kappa shape index (κ2) is 4.14. The molecule has 1 aromatic carbocycles. The molecule has 0 amide bonds. The van der Waals surface area contributed by atoms with Gasteiger partial charge in [-0.3, -0.25) is 0 Å². The lowest BCUT2D eigenvalue weighted by Crippen LogP contribution is -1.91. The van der Waals surface area contributed by atoms with Gasteiger partial charge in [-0.25, -0.2) is 0 Å². The Morgan fingerprint density at radius 1 is 1.50 bits per heavy atom. The van der Waals surface area contributed by atoms with Crippen LogP contribution in [0.5, 0.6) is 5.75 Å². The van der Waals surface area contributed by atoms with Crippen molar-refractivity contribution in [3.8, 4) is 5.75 Å². The molecule has 1 aromatic rings. The second-order valence-corrected chi connectivity index (χ2v) is 2.75. The van der Waals surface area contributed by atoms with Crippen molar-refractivity contribution in [3.63, 3.8) is 0 Å². The summed E-state index contributed by atoms with van der Waals surface area (Å²) in [6, 6.07) is 4.82. The van der Waals surface area contributed by atoms with E-state index in [4.69, 9.17) is 22.4 Å². The average molecular weight is 184 g/mol. The molecule has 1 rings (SSSR count). The lowest BCUT2D eigenvalue weighted by molar-refractivity contribution is 0.475. The van der Waals surface area contributed by atoms with Crippen molar-refractivity contribution in [2.45, 2.75) is 0 Å². The van der Waals surface area contributed by atoms with Crippen LogP contribution in [0.3, 0.4) is 0 Å². The van der Waals surface area contributed by atoms with Crippen LogP contribution in [0.2, 0.25) is 5.02 Å². The molecule has 0 heterocycles. The Morgan fingerprint density at radius 3 is 2.83 bits per heavy atom. The summed E-state index contributed by atoms with van der Waals surface area (Å²) in [4.78, 5) is 0. The van der Waals surface area contributed by atoms with Gasteiger partial charge in [-0.1, -0.05) is 23.8 Å². The van der Waals surface area contributed by atoms with E-state index in [-0.39, 0.29) is 5.75 Å². The van der Waals surface area contributed by atoms with Crippen LogP contribution in [0, 0.1) is 0 Å². The molecule has 0 unspecified atom stereocenters. The SMILES string of the molecule is NC/C=C/c1ccc(O)cc1Cl. The quantitative estimate of drug-likeness (QED) is 0.737. The van der Waals surface area contributed by atoms with Crippen LogP contribution in [0.4, 0.5) is 0 Å². The van der Waals surface area contributed by atoms with E-state index in [0.29, 0.717) is 11.6 Å². The summed E-state index contributed by atoms with van der Waals surface area (Å²) < 4.78 is 0. The Hall–Kier alpha value is -0.990. The van der Waals surface area contributed by atoms with Gasteiger partial charge < -0.3 is 10.8 Å². The fourth-order valence-electron chi connectivity index (χ4n) is 0.846. The maximum atomic E-state index is 9.03. The van der Waals surface area contributed by atoms with Crippen molar-refractivity contribution < 1.29 is 5.11 Å². The van der Waals surface area contributed by atoms with Gasteiger partial charge in [-0.2, -0.15) is 0 Å². The van der Waals surface area contributed by atoms with Crippen molar-refractivity contribution in [1.29, 1.82) is 0 Å². The van der Waals surface area contributed by atoms with Gasteiger partial charge in [0.2, 0.25) is 0 Å². The first kappa shape index (κ1) is 9.10. The van der Waals surface area contributed by atoms with E-state index in [2.05, 4.69) is 0 Å². The fraction of sp³-hybridized carbons (Fsp3) is 0.111. The molecule has 0 saturated heterocycles. The lowest BCUT2D eigenvalue weighted by atomic mass is 10.2. The maximum absolute atomic E-state index is 9.03. The molecule has 0 aliphatic rings. The summed E-state index contributed by atoms with van der Waals surface area (Å²) in [6.45, 7) is 0.483. The monoisotopic (exact) mass is 183 g/mol. The van der Waals surface area contributed by atoms with E-state index in [9.17, 15) is 0 Å². The molecule has 64 valence electrons. The summed E-state index contributed by atoms with van der Waals surface area (Å²) >= 11 is 5.81. The van der Waals surface area contributed by atoms with Gasteiger partial charge in [-0.05, 0) is 23.8 Å². The summed E-state index contributed by atoms with van der Waals surface area (Å²) in [7, 11) is 0. The Morgan fingerprint density at radius 2 is 2.25 bits per heavy atom. The number of rotatable bonds is 2. The molecule has 0 fully saturated rings. The third-order valence-corrected chi connectivity index (χ3v) is 1.74. The van der Waals surface area contributed by atoms with Crippen LogP contribution >= 0.6 is 11.6 Å². The first-order valence-electron chi connectivity index (χ1n) is 3.59. The van der Waals surface area contributed by atoms with E-state index in [1.165, 1.54) is 6.07 Å². The molecule has 0 saturated carbocycles. The summed E-state index contributed by atoms with van der Waals surface area (Å²) in [5.74, 6) is 0.171. The number of hydrogen-bond donors (Lipinski definition) is 2. The third kappa shape index (κ3) is 2.26. The highest BCUT2D eigenvalue weighted by molar-refractivity contribution is 6.32. The standard InChI is InChI=1S/C9H10ClNO/c10-9-6-8(12)4-3-7(9)2-1-5-11/h1-4,6,12H,5,11H2/b2-1+. The van der Waals surface area contributed by atoms with Gasteiger partial charge in [0, 0.05) is 6.54 Å². The minimum atomic E-state index is 0.171. The van der Waals surface area contributed by atoms with E-state index in [1.54, 1.807) is 18.2 Å². The zero-order valence-electron chi connectivity index (χ0n) is 6.50. The first-order valence-corrected chi connectivity index (χ1v) is 3.97. The summed E-state index contributed by atoms with van der Waals surface area (Å²) in [5, 5.41) is 9.56. The summed E-state index contributed by atoms with van der Waals surface area (Å²) in [6.07, 6.45) is 3.63. The Balaban J connectivity index is 2.94. The predicted octanol–water partition coefficient (Wildman–Crippen LogP) is 2.02. The fourth-order valence-corrected chi connectivity index (χ4v) is 1.08. The topological polar surface area (TPSA) is 46.2 Å². The van der Waals surface area contributed by atoms with Crippen molar-refractivity contribution in [1.82, 2.24) is 0 Å². The number of hydrogen-bond acceptors (Lipinski definition) is 2. The highest BCUT2D eigenvalue weighted by Crippen LogP contribution is 2.22. The number of nitrogens with two attached hydrogens (primary N) is 1. The maximum Gasteiger partial charge on any atom is 0.117 e. The van der Waals surface area contributed by atoms with E-state index in [0.717, 1.165) is 5.56 Å². The number of aromatic hydroxyl groups is 1. The second-order valence-electron chi connectivity index (χ2n) is 2.34. The molecule has 0 spiro atoms. The van der Waals surface area contributed by atoms with Gasteiger partial charge in [0.1, 0.15) is 5.75 Å². The lowest BCUT2D eigenvalue weighted by Gasteiger charge is -1.97. The van der Waals surface area contributed by atoms with Crippen LogP contribution in [0.1, 0.15) is 5.56 Å². The predicted molar refractivity (Wildman–Crippen MR) is 51.2 cm³/mol. The zero-order chi connectivity index (χ0) is 8.97. The Labute approximate surface area is 76.3 Å². The number of phenols is 1. The number of phenolic OH excluding ortho intramolecular Hbond substituents is 1. The molecule has 0 atom stereocenters. The first-order chi connectivity index (χ1) is 5.74. The van der Waals surface area contributed by atoms with Crippen molar-refractivity contribution in [2.75, 3.05) is 6.54 Å². The van der Waals surface area contributed by atoms with Crippen LogP contribution in [-0.2, 0) is 0 Å². The largest absolute Gasteiger partial charge is 0.508 e. The van der Waals surface area contributed by atoms with Gasteiger partial charge in [0.15, 0.2) is 0 Å². The highest BCUT2D eigenvalue weighted by atomic mass is 35.5. The third-order valence-electron chi connectivity index (χ3n) is 1.42. The highest BCUT2D eigenvalue weighted by Gasteiger charge is 1.96. The molecule has 0 aliphatic carbocycles. The molecular weight excluding hydrogens is 174 g/mol. The molecule has 3 heteroatoms. The van der Waals surface area contributed by atoms with Gasteiger partial charge in [-0.15, -0.1) is 0 Å². The van der Waals surface area contributed by atoms with E-state index < -0.39 is 0 Å². The van der Waals surface area contributed by atoms with Gasteiger partial charge in [0.25, 0.3) is 0 Å². The number of halogens is 1. The molecule has 0 bridgehead atoms. The molecular formula is C9H10ClNO. The molecule has 2 nitrogen and oxygen atoms in total. The smallest absolute Gasteiger partial charge is 0.117 e. The summed E-state index contributed by atoms with van der Waals surface area (Å²) in [5.41, 5.74) is 6.14. The molecule has 12 heavy (non-hydrogen) atoms. The molecule has 0 aliphatic heterocycles. The van der Waals surface area contributed by atoms with Crippen LogP contribution in [0.15, 0.2) is 24.3 Å². The Bertz CT molecular complexity index is 297. The molecule has 0 aromatic heterocycles.